The van der Waals surface area contributed by atoms with Crippen LogP contribution in [0.25, 0.3) is 0 Å². The van der Waals surface area contributed by atoms with Crippen molar-refractivity contribution in [1.29, 1.82) is 0 Å². The lowest BCUT2D eigenvalue weighted by Gasteiger charge is -2.26. The van der Waals surface area contributed by atoms with E-state index in [4.69, 9.17) is 18.9 Å². The molecule has 1 unspecified atom stereocenters. The van der Waals surface area contributed by atoms with Crippen LogP contribution in [0.15, 0.2) is 30.3 Å². The topological polar surface area (TPSA) is 107 Å². The number of amides is 2. The monoisotopic (exact) mass is 556 g/mol. The van der Waals surface area contributed by atoms with Crippen molar-refractivity contribution in [2.45, 2.75) is 70.6 Å². The fourth-order valence-electron chi connectivity index (χ4n) is 4.62. The average molecular weight is 557 g/mol. The molecule has 2 amide bonds. The van der Waals surface area contributed by atoms with Gasteiger partial charge in [0.15, 0.2) is 17.8 Å². The summed E-state index contributed by atoms with van der Waals surface area (Å²) in [6.07, 6.45) is 3.34. The first-order valence-corrected chi connectivity index (χ1v) is 17.3. The maximum absolute atomic E-state index is 13.6. The van der Waals surface area contributed by atoms with Crippen LogP contribution in [-0.2, 0) is 27.2 Å². The van der Waals surface area contributed by atoms with E-state index in [0.717, 1.165) is 36.4 Å². The minimum Gasteiger partial charge on any atom is -0.504 e. The van der Waals surface area contributed by atoms with Crippen LogP contribution in [0, 0.1) is 0 Å². The summed E-state index contributed by atoms with van der Waals surface area (Å²) in [6.45, 7) is 8.21. The molecule has 0 bridgehead atoms. The average Bonchev–Trinajstić information content (AvgIpc) is 2.92. The van der Waals surface area contributed by atoms with Crippen molar-refractivity contribution in [2.24, 2.45) is 0 Å². The Morgan fingerprint density at radius 1 is 1.10 bits per heavy atom. The number of carbonyl (C=O) groups is 2. The number of aryl methyl sites for hydroxylation is 1. The number of aromatic hydroxyl groups is 1. The molecule has 39 heavy (non-hydrogen) atoms. The van der Waals surface area contributed by atoms with Crippen molar-refractivity contribution in [2.75, 3.05) is 32.0 Å². The summed E-state index contributed by atoms with van der Waals surface area (Å²) < 4.78 is 23.0. The van der Waals surface area contributed by atoms with Gasteiger partial charge in [0.2, 0.25) is 5.91 Å². The number of benzene rings is 2. The highest BCUT2D eigenvalue weighted by molar-refractivity contribution is 6.76. The van der Waals surface area contributed by atoms with Gasteiger partial charge >= 0.3 is 0 Å². The Balaban J connectivity index is 1.62. The van der Waals surface area contributed by atoms with Gasteiger partial charge in [-0.3, -0.25) is 14.5 Å². The summed E-state index contributed by atoms with van der Waals surface area (Å²) >= 11 is 0. The summed E-state index contributed by atoms with van der Waals surface area (Å²) in [5.74, 6) is 0.0621. The van der Waals surface area contributed by atoms with Gasteiger partial charge in [0.05, 0.1) is 25.0 Å². The predicted octanol–water partition coefficient (Wildman–Crippen LogP) is 4.83. The third-order valence-electron chi connectivity index (χ3n) is 6.98. The molecule has 0 aliphatic carbocycles. The van der Waals surface area contributed by atoms with E-state index in [2.05, 4.69) is 25.0 Å². The Bertz CT molecular complexity index is 1170. The molecule has 2 aliphatic heterocycles. The van der Waals surface area contributed by atoms with Gasteiger partial charge < -0.3 is 29.4 Å². The van der Waals surface area contributed by atoms with Crippen LogP contribution in [0.3, 0.4) is 0 Å². The van der Waals surface area contributed by atoms with Crippen molar-refractivity contribution < 1.29 is 33.6 Å². The maximum Gasteiger partial charge on any atom is 0.253 e. The Hall–Kier alpha value is -3.08. The first-order chi connectivity index (χ1) is 18.6. The molecule has 0 aromatic heterocycles. The molecule has 0 saturated carbocycles. The SMILES string of the molecule is COc1cc2c(cc1O)N(COCC[Si](C)(C)C)C(=O)CCc1ccc(OC3CCCCO3)cc1CNC2=O. The minimum atomic E-state index is -1.33. The van der Waals surface area contributed by atoms with E-state index in [1.54, 1.807) is 0 Å². The van der Waals surface area contributed by atoms with E-state index in [1.165, 1.54) is 24.1 Å². The maximum atomic E-state index is 13.6. The zero-order valence-electron chi connectivity index (χ0n) is 23.4. The number of nitrogens with zero attached hydrogens (tertiary/aromatic N) is 1. The molecule has 0 radical (unpaired) electrons. The molecular formula is C29H40N2O7Si. The largest absolute Gasteiger partial charge is 0.504 e. The number of methoxy groups -OCH3 is 1. The Kier molecular flexibility index (Phi) is 9.52. The van der Waals surface area contributed by atoms with Gasteiger partial charge in [-0.2, -0.15) is 0 Å². The highest BCUT2D eigenvalue weighted by atomic mass is 28.3. The number of hydrogen-bond donors (Lipinski definition) is 2. The molecule has 9 nitrogen and oxygen atoms in total. The van der Waals surface area contributed by atoms with E-state index in [1.807, 2.05) is 18.2 Å². The molecule has 10 heteroatoms. The standard InChI is InChI=1S/C29H40N2O7Si/c1-35-26-16-23-24(17-25(26)32)31(19-36-13-14-39(2,3)4)27(33)11-9-20-8-10-22(15-21(20)18-30-29(23)34)38-28-7-5-6-12-37-28/h8,10,15-17,28,32H,5-7,9,11-14,18-19H2,1-4H3,(H,30,34). The second kappa shape index (κ2) is 12.8. The van der Waals surface area contributed by atoms with Gasteiger partial charge in [-0.25, -0.2) is 0 Å². The van der Waals surface area contributed by atoms with E-state index >= 15 is 0 Å². The lowest BCUT2D eigenvalue weighted by atomic mass is 10.0. The molecule has 1 fully saturated rings. The normalized spacial score (nSPS) is 18.5. The third-order valence-corrected chi connectivity index (χ3v) is 8.69. The first kappa shape index (κ1) is 28.9. The van der Waals surface area contributed by atoms with E-state index in [9.17, 15) is 14.7 Å². The zero-order valence-corrected chi connectivity index (χ0v) is 24.4. The summed E-state index contributed by atoms with van der Waals surface area (Å²) in [7, 11) is 0.0870. The Labute approximate surface area is 231 Å². The molecule has 2 heterocycles. The molecule has 212 valence electrons. The van der Waals surface area contributed by atoms with E-state index < -0.39 is 14.0 Å². The molecule has 2 aromatic rings. The van der Waals surface area contributed by atoms with Crippen LogP contribution in [0.2, 0.25) is 25.7 Å². The summed E-state index contributed by atoms with van der Waals surface area (Å²) in [6, 6.07) is 9.54. The van der Waals surface area contributed by atoms with E-state index in [0.29, 0.717) is 25.4 Å². The molecule has 2 N–H and O–H groups in total. The van der Waals surface area contributed by atoms with Crippen molar-refractivity contribution in [3.8, 4) is 17.2 Å². The summed E-state index contributed by atoms with van der Waals surface area (Å²) in [4.78, 5) is 28.5. The van der Waals surface area contributed by atoms with Crippen LogP contribution in [0.5, 0.6) is 17.2 Å². The fourth-order valence-corrected chi connectivity index (χ4v) is 5.38. The quantitative estimate of drug-likeness (QED) is 0.354. The number of fused-ring (bicyclic) bond motifs is 2. The second-order valence-corrected chi connectivity index (χ2v) is 16.9. The van der Waals surface area contributed by atoms with Crippen LogP contribution in [0.1, 0.15) is 47.2 Å². The van der Waals surface area contributed by atoms with E-state index in [-0.39, 0.29) is 54.6 Å². The smallest absolute Gasteiger partial charge is 0.253 e. The van der Waals surface area contributed by atoms with Crippen molar-refractivity contribution in [3.63, 3.8) is 0 Å². The Morgan fingerprint density at radius 2 is 1.92 bits per heavy atom. The third kappa shape index (κ3) is 7.74. The van der Waals surface area contributed by atoms with Crippen LogP contribution in [-0.4, -0.2) is 58.3 Å². The number of anilines is 1. The summed E-state index contributed by atoms with van der Waals surface area (Å²) in [5.41, 5.74) is 2.33. The molecule has 2 aromatic carbocycles. The van der Waals surface area contributed by atoms with Gasteiger partial charge in [0, 0.05) is 40.1 Å². The van der Waals surface area contributed by atoms with Gasteiger partial charge in [0.1, 0.15) is 12.5 Å². The lowest BCUT2D eigenvalue weighted by molar-refractivity contribution is -0.119. The number of phenolic OH excluding ortho intramolecular Hbond substituents is 1. The fraction of sp³-hybridized carbons (Fsp3) is 0.517. The van der Waals surface area contributed by atoms with Gasteiger partial charge in [-0.15, -0.1) is 0 Å². The molecule has 0 spiro atoms. The van der Waals surface area contributed by atoms with Crippen molar-refractivity contribution in [3.05, 3.63) is 47.0 Å². The van der Waals surface area contributed by atoms with Gasteiger partial charge in [0.25, 0.3) is 5.91 Å². The lowest BCUT2D eigenvalue weighted by Crippen LogP contribution is -2.36. The van der Waals surface area contributed by atoms with Crippen molar-refractivity contribution in [1.82, 2.24) is 5.32 Å². The number of ether oxygens (including phenoxy) is 4. The molecule has 2 aliphatic rings. The highest BCUT2D eigenvalue weighted by Crippen LogP contribution is 2.35. The van der Waals surface area contributed by atoms with Gasteiger partial charge in [-0.1, -0.05) is 25.7 Å². The number of rotatable bonds is 8. The van der Waals surface area contributed by atoms with Crippen LogP contribution < -0.4 is 19.7 Å². The molecular weight excluding hydrogens is 516 g/mol. The first-order valence-electron chi connectivity index (χ1n) is 13.6. The van der Waals surface area contributed by atoms with Gasteiger partial charge in [-0.05, 0) is 54.6 Å². The predicted molar refractivity (Wildman–Crippen MR) is 151 cm³/mol. The number of hydrogen-bond acceptors (Lipinski definition) is 7. The minimum absolute atomic E-state index is 0.0175. The number of phenols is 1. The molecule has 1 saturated heterocycles. The zero-order chi connectivity index (χ0) is 28.0. The number of nitrogens with one attached hydrogen (secondary N) is 1. The highest BCUT2D eigenvalue weighted by Gasteiger charge is 2.27. The number of carbonyl (C=O) groups excluding carboxylic acids is 2. The van der Waals surface area contributed by atoms with Crippen LogP contribution >= 0.6 is 0 Å². The second-order valence-electron chi connectivity index (χ2n) is 11.2. The Morgan fingerprint density at radius 3 is 2.64 bits per heavy atom. The van der Waals surface area contributed by atoms with Crippen molar-refractivity contribution >= 4 is 25.6 Å². The molecule has 4 rings (SSSR count). The molecule has 1 atom stereocenters. The summed E-state index contributed by atoms with van der Waals surface area (Å²) in [5, 5.41) is 13.5. The van der Waals surface area contributed by atoms with Crippen LogP contribution in [0.4, 0.5) is 5.69 Å².